The molecule has 0 saturated carbocycles. The van der Waals surface area contributed by atoms with Crippen LogP contribution in [0, 0.1) is 5.92 Å². The molecule has 0 bridgehead atoms. The van der Waals surface area contributed by atoms with Gasteiger partial charge < -0.3 is 10.6 Å². The van der Waals surface area contributed by atoms with Crippen LogP contribution < -0.4 is 5.73 Å². The van der Waals surface area contributed by atoms with Crippen molar-refractivity contribution in [3.05, 3.63) is 82.4 Å². The fourth-order valence-electron chi connectivity index (χ4n) is 4.91. The van der Waals surface area contributed by atoms with Gasteiger partial charge in [-0.3, -0.25) is 8.98 Å². The molecule has 1 fully saturated rings. The number of amides is 1. The van der Waals surface area contributed by atoms with Gasteiger partial charge in [-0.1, -0.05) is 67.4 Å². The number of carbonyl (C=O) groups is 1. The van der Waals surface area contributed by atoms with E-state index in [9.17, 15) is 9.00 Å². The number of halogens is 2. The van der Waals surface area contributed by atoms with E-state index in [-0.39, 0.29) is 41.7 Å². The smallest absolute Gasteiger partial charge is 0.243 e. The molecule has 8 heteroatoms. The molecule has 2 unspecified atom stereocenters. The molecule has 0 aliphatic carbocycles. The van der Waals surface area contributed by atoms with E-state index >= 15 is 0 Å². The Kier molecular flexibility index (Phi) is 9.81. The summed E-state index contributed by atoms with van der Waals surface area (Å²) in [4.78, 5) is 16.1. The highest BCUT2D eigenvalue weighted by Crippen LogP contribution is 2.48. The van der Waals surface area contributed by atoms with E-state index in [4.69, 9.17) is 33.1 Å². The zero-order valence-corrected chi connectivity index (χ0v) is 23.7. The molecule has 1 aliphatic rings. The molecule has 3 rings (SSSR count). The van der Waals surface area contributed by atoms with Gasteiger partial charge in [0, 0.05) is 16.0 Å². The summed E-state index contributed by atoms with van der Waals surface area (Å²) in [5.74, 6) is -0.304. The molecular weight excluding hydrogens is 515 g/mol. The molecule has 1 heterocycles. The van der Waals surface area contributed by atoms with Gasteiger partial charge in [-0.25, -0.2) is 4.21 Å². The molecule has 1 saturated heterocycles. The van der Waals surface area contributed by atoms with Gasteiger partial charge in [0.15, 0.2) is 11.1 Å². The van der Waals surface area contributed by atoms with Crippen molar-refractivity contribution < 1.29 is 13.2 Å². The molecule has 2 aromatic carbocycles. The fraction of sp³-hybridized carbons (Fsp3) is 0.464. The van der Waals surface area contributed by atoms with E-state index in [1.807, 2.05) is 81.1 Å². The van der Waals surface area contributed by atoms with Crippen LogP contribution in [0.3, 0.4) is 0 Å². The second-order valence-corrected chi connectivity index (χ2v) is 12.7. The second-order valence-electron chi connectivity index (χ2n) is 10.1. The average molecular weight is 552 g/mol. The van der Waals surface area contributed by atoms with E-state index in [2.05, 4.69) is 6.58 Å². The number of hydrogen-bond donors (Lipinski definition) is 1. The number of benzene rings is 2. The highest BCUT2D eigenvalue weighted by atomic mass is 35.5. The third-order valence-electron chi connectivity index (χ3n) is 6.79. The summed E-state index contributed by atoms with van der Waals surface area (Å²) in [6.45, 7) is 11.7. The lowest BCUT2D eigenvalue weighted by molar-refractivity contribution is -0.151. The quantitative estimate of drug-likeness (QED) is 0.345. The number of piperidine rings is 1. The van der Waals surface area contributed by atoms with E-state index < -0.39 is 16.6 Å². The van der Waals surface area contributed by atoms with Crippen molar-refractivity contribution in [1.29, 1.82) is 0 Å². The van der Waals surface area contributed by atoms with Gasteiger partial charge in [0.2, 0.25) is 5.91 Å². The Morgan fingerprint density at radius 1 is 1.14 bits per heavy atom. The molecule has 0 radical (unpaired) electrons. The molecule has 2 aromatic rings. The predicted octanol–water partition coefficient (Wildman–Crippen LogP) is 6.44. The van der Waals surface area contributed by atoms with Crippen LogP contribution in [0.5, 0.6) is 0 Å². The third kappa shape index (κ3) is 6.40. The Labute approximate surface area is 227 Å². The van der Waals surface area contributed by atoms with Crippen LogP contribution in [-0.4, -0.2) is 38.5 Å². The Hall–Kier alpha value is -1.70. The Bertz CT molecular complexity index is 1090. The van der Waals surface area contributed by atoms with Crippen LogP contribution in [0.25, 0.3) is 0 Å². The summed E-state index contributed by atoms with van der Waals surface area (Å²) < 4.78 is 18.3. The first kappa shape index (κ1) is 28.9. The summed E-state index contributed by atoms with van der Waals surface area (Å²) in [6, 6.07) is 14.6. The maximum absolute atomic E-state index is 14.2. The van der Waals surface area contributed by atoms with Crippen LogP contribution >= 0.6 is 23.2 Å². The molecule has 2 N–H and O–H groups in total. The fourth-order valence-corrected chi connectivity index (χ4v) is 5.78. The first-order chi connectivity index (χ1) is 17.0. The highest BCUT2D eigenvalue weighted by molar-refractivity contribution is 7.80. The van der Waals surface area contributed by atoms with Crippen molar-refractivity contribution in [2.24, 2.45) is 11.7 Å². The predicted molar refractivity (Wildman–Crippen MR) is 149 cm³/mol. The normalized spacial score (nSPS) is 24.2. The number of carbonyl (C=O) groups excluding carboxylic acids is 1. The van der Waals surface area contributed by atoms with Gasteiger partial charge in [-0.2, -0.15) is 0 Å². The van der Waals surface area contributed by atoms with Crippen LogP contribution in [0.1, 0.15) is 63.6 Å². The van der Waals surface area contributed by atoms with Crippen molar-refractivity contribution in [3.8, 4) is 0 Å². The van der Waals surface area contributed by atoms with Gasteiger partial charge in [-0.05, 0) is 68.0 Å². The molecule has 0 spiro atoms. The SMILES string of the molecule is C=CC[C@@]1(N)C[C@H](c2cccc(Cl)c2)C(c2ccc(Cl)cc2)N([C@H](COS(=O)C(C)C)C(C)C)C1=O. The van der Waals surface area contributed by atoms with Gasteiger partial charge in [0.1, 0.15) is 0 Å². The first-order valence-electron chi connectivity index (χ1n) is 12.3. The summed E-state index contributed by atoms with van der Waals surface area (Å²) in [7, 11) is 0. The molecule has 5 nitrogen and oxygen atoms in total. The van der Waals surface area contributed by atoms with Gasteiger partial charge in [-0.15, -0.1) is 6.58 Å². The molecule has 1 aliphatic heterocycles. The summed E-state index contributed by atoms with van der Waals surface area (Å²) in [5, 5.41) is 1.08. The van der Waals surface area contributed by atoms with Crippen molar-refractivity contribution in [3.63, 3.8) is 0 Å². The molecular formula is C28H36Cl2N2O3S. The van der Waals surface area contributed by atoms with Crippen molar-refractivity contribution >= 4 is 40.2 Å². The lowest BCUT2D eigenvalue weighted by Gasteiger charge is -2.52. The van der Waals surface area contributed by atoms with Crippen LogP contribution in [-0.2, 0) is 20.1 Å². The monoisotopic (exact) mass is 550 g/mol. The van der Waals surface area contributed by atoms with Crippen molar-refractivity contribution in [1.82, 2.24) is 4.90 Å². The number of hydrogen-bond acceptors (Lipinski definition) is 4. The number of likely N-dealkylation sites (tertiary alicyclic amines) is 1. The maximum atomic E-state index is 14.2. The van der Waals surface area contributed by atoms with Gasteiger partial charge in [0.05, 0.1) is 29.5 Å². The zero-order valence-electron chi connectivity index (χ0n) is 21.3. The minimum absolute atomic E-state index is 0.0130. The first-order valence-corrected chi connectivity index (χ1v) is 14.1. The number of nitrogens with two attached hydrogens (primary N) is 1. The minimum atomic E-state index is -1.47. The lowest BCUT2D eigenvalue weighted by Crippen LogP contribution is -2.65. The van der Waals surface area contributed by atoms with Crippen molar-refractivity contribution in [2.45, 2.75) is 69.3 Å². The van der Waals surface area contributed by atoms with Gasteiger partial charge in [0.25, 0.3) is 0 Å². The topological polar surface area (TPSA) is 72.6 Å². The van der Waals surface area contributed by atoms with Gasteiger partial charge >= 0.3 is 0 Å². The highest BCUT2D eigenvalue weighted by Gasteiger charge is 2.52. The average Bonchev–Trinajstić information content (AvgIpc) is 2.82. The summed E-state index contributed by atoms with van der Waals surface area (Å²) >= 11 is 11.2. The molecule has 196 valence electrons. The van der Waals surface area contributed by atoms with E-state index in [1.54, 1.807) is 6.08 Å². The summed E-state index contributed by atoms with van der Waals surface area (Å²) in [6.07, 6.45) is 2.45. The number of rotatable bonds is 10. The van der Waals surface area contributed by atoms with E-state index in [0.717, 1.165) is 11.1 Å². The van der Waals surface area contributed by atoms with Crippen LogP contribution in [0.15, 0.2) is 61.2 Å². The second kappa shape index (κ2) is 12.2. The third-order valence-corrected chi connectivity index (χ3v) is 8.41. The Morgan fingerprint density at radius 3 is 2.36 bits per heavy atom. The molecule has 0 aromatic heterocycles. The minimum Gasteiger partial charge on any atom is -0.328 e. The lowest BCUT2D eigenvalue weighted by atomic mass is 9.70. The maximum Gasteiger partial charge on any atom is 0.243 e. The molecule has 5 atom stereocenters. The van der Waals surface area contributed by atoms with E-state index in [1.165, 1.54) is 0 Å². The van der Waals surface area contributed by atoms with E-state index in [0.29, 0.717) is 22.9 Å². The van der Waals surface area contributed by atoms with Crippen molar-refractivity contribution in [2.75, 3.05) is 6.61 Å². The Morgan fingerprint density at radius 2 is 1.81 bits per heavy atom. The largest absolute Gasteiger partial charge is 0.328 e. The van der Waals surface area contributed by atoms with Crippen LogP contribution in [0.2, 0.25) is 10.0 Å². The van der Waals surface area contributed by atoms with Crippen LogP contribution in [0.4, 0.5) is 0 Å². The number of nitrogens with zero attached hydrogens (tertiary/aromatic N) is 1. The zero-order chi connectivity index (χ0) is 26.6. The Balaban J connectivity index is 2.20. The molecule has 1 amide bonds. The summed E-state index contributed by atoms with van der Waals surface area (Å²) in [5.41, 5.74) is 7.64. The standard InChI is InChI=1S/C28H36Cl2N2O3S/c1-6-14-28(31)16-24(21-8-7-9-23(30)15-21)26(20-10-12-22(29)13-11-20)32(27(28)33)25(18(2)3)17-35-36(34)19(4)5/h6-13,15,18-19,24-26H,1,14,16-17,31H2,2-5H3/t24-,25-,26?,28-,36?/m1/s1. The molecule has 36 heavy (non-hydrogen) atoms.